The van der Waals surface area contributed by atoms with Crippen LogP contribution >= 0.6 is 34.8 Å². The fourth-order valence-electron chi connectivity index (χ4n) is 4.29. The standard InChI is InChI=1S/C27H21Cl3N4O3/c28-21-11-10-20(15-22(21)29)34-26(36)23(30)24(27(34)37)31-18-5-3-4-16(14-18)25(35)32-17-6-8-19(9-7-17)33-12-1-2-13-33/h3-11,14-15,31H,1-2,12-13H2,(H,32,35). The molecular formula is C27H21Cl3N4O3. The average Bonchev–Trinajstić information content (AvgIpc) is 3.50. The summed E-state index contributed by atoms with van der Waals surface area (Å²) in [5.41, 5.74) is 2.73. The molecule has 3 amide bonds. The lowest BCUT2D eigenvalue weighted by Gasteiger charge is -2.18. The Bertz CT molecular complexity index is 1430. The molecule has 0 unspecified atom stereocenters. The van der Waals surface area contributed by atoms with Crippen molar-refractivity contribution >= 4 is 75.3 Å². The van der Waals surface area contributed by atoms with Gasteiger partial charge in [-0.2, -0.15) is 0 Å². The minimum absolute atomic E-state index is 0.104. The minimum atomic E-state index is -0.696. The van der Waals surface area contributed by atoms with Crippen molar-refractivity contribution in [1.29, 1.82) is 0 Å². The van der Waals surface area contributed by atoms with Gasteiger partial charge in [0.2, 0.25) is 0 Å². The molecule has 2 aliphatic heterocycles. The Balaban J connectivity index is 1.29. The number of amides is 3. The van der Waals surface area contributed by atoms with Gasteiger partial charge in [-0.15, -0.1) is 0 Å². The van der Waals surface area contributed by atoms with Crippen LogP contribution < -0.4 is 20.4 Å². The highest BCUT2D eigenvalue weighted by atomic mass is 35.5. The zero-order valence-electron chi connectivity index (χ0n) is 19.4. The van der Waals surface area contributed by atoms with Gasteiger partial charge >= 0.3 is 0 Å². The first-order chi connectivity index (χ1) is 17.8. The summed E-state index contributed by atoms with van der Waals surface area (Å²) in [4.78, 5) is 41.9. The molecule has 2 aliphatic rings. The number of halogens is 3. The third-order valence-corrected chi connectivity index (χ3v) is 7.27. The molecule has 7 nitrogen and oxygen atoms in total. The van der Waals surface area contributed by atoms with Crippen LogP contribution in [0.15, 0.2) is 77.5 Å². The first kappa shape index (κ1) is 25.1. The molecule has 0 aliphatic carbocycles. The van der Waals surface area contributed by atoms with Crippen LogP contribution in [0.1, 0.15) is 23.2 Å². The fourth-order valence-corrected chi connectivity index (χ4v) is 4.79. The number of nitrogens with one attached hydrogen (secondary N) is 2. The predicted octanol–water partition coefficient (Wildman–Crippen LogP) is 6.28. The number of imide groups is 1. The number of nitrogens with zero attached hydrogens (tertiary/aromatic N) is 2. The second-order valence-electron chi connectivity index (χ2n) is 8.63. The van der Waals surface area contributed by atoms with Crippen LogP contribution in [0.25, 0.3) is 0 Å². The molecule has 1 fully saturated rings. The summed E-state index contributed by atoms with van der Waals surface area (Å²) in [6.07, 6.45) is 2.39. The topological polar surface area (TPSA) is 81.8 Å². The maximum absolute atomic E-state index is 13.1. The average molecular weight is 556 g/mol. The van der Waals surface area contributed by atoms with Gasteiger partial charge in [-0.05, 0) is 73.5 Å². The van der Waals surface area contributed by atoms with Crippen LogP contribution in [0.2, 0.25) is 10.0 Å². The molecule has 0 bridgehead atoms. The van der Waals surface area contributed by atoms with Gasteiger partial charge in [0, 0.05) is 35.7 Å². The molecule has 37 heavy (non-hydrogen) atoms. The Labute approximate surface area is 228 Å². The van der Waals surface area contributed by atoms with E-state index in [9.17, 15) is 14.4 Å². The monoisotopic (exact) mass is 554 g/mol. The molecule has 0 radical (unpaired) electrons. The van der Waals surface area contributed by atoms with Crippen LogP contribution in [0.3, 0.4) is 0 Å². The summed E-state index contributed by atoms with van der Waals surface area (Å²) in [7, 11) is 0. The molecule has 2 N–H and O–H groups in total. The Morgan fingerprint density at radius 3 is 2.16 bits per heavy atom. The van der Waals surface area contributed by atoms with Crippen molar-refractivity contribution in [2.24, 2.45) is 0 Å². The SMILES string of the molecule is O=C(Nc1ccc(N2CCCC2)cc1)c1cccc(NC2=C(Cl)C(=O)N(c3ccc(Cl)c(Cl)c3)C2=O)c1. The molecule has 0 aromatic heterocycles. The highest BCUT2D eigenvalue weighted by molar-refractivity contribution is 6.53. The van der Waals surface area contributed by atoms with Crippen LogP contribution in [-0.2, 0) is 9.59 Å². The molecule has 188 valence electrons. The molecule has 0 saturated carbocycles. The highest BCUT2D eigenvalue weighted by Crippen LogP contribution is 2.33. The zero-order chi connectivity index (χ0) is 26.1. The van der Waals surface area contributed by atoms with Crippen molar-refractivity contribution < 1.29 is 14.4 Å². The molecule has 3 aromatic carbocycles. The smallest absolute Gasteiger partial charge is 0.283 e. The summed E-state index contributed by atoms with van der Waals surface area (Å²) in [6.45, 7) is 2.09. The maximum atomic E-state index is 13.1. The van der Waals surface area contributed by atoms with E-state index in [1.807, 2.05) is 24.3 Å². The van der Waals surface area contributed by atoms with Gasteiger partial charge in [0.15, 0.2) is 0 Å². The van der Waals surface area contributed by atoms with Crippen molar-refractivity contribution in [3.63, 3.8) is 0 Å². The third-order valence-electron chi connectivity index (χ3n) is 6.18. The normalized spacial score (nSPS) is 15.5. The summed E-state index contributed by atoms with van der Waals surface area (Å²) in [5.74, 6) is -1.66. The van der Waals surface area contributed by atoms with Gasteiger partial charge in [-0.25, -0.2) is 4.90 Å². The lowest BCUT2D eigenvalue weighted by molar-refractivity contribution is -0.120. The van der Waals surface area contributed by atoms with Gasteiger partial charge in [-0.3, -0.25) is 14.4 Å². The summed E-state index contributed by atoms with van der Waals surface area (Å²) < 4.78 is 0. The molecule has 0 spiro atoms. The zero-order valence-corrected chi connectivity index (χ0v) is 21.7. The number of hydrogen-bond acceptors (Lipinski definition) is 5. The van der Waals surface area contributed by atoms with Gasteiger partial charge in [0.05, 0.1) is 15.7 Å². The second-order valence-corrected chi connectivity index (χ2v) is 9.83. The molecule has 2 heterocycles. The van der Waals surface area contributed by atoms with E-state index in [4.69, 9.17) is 34.8 Å². The summed E-state index contributed by atoms with van der Waals surface area (Å²) in [5, 5.41) is 5.98. The Hall–Kier alpha value is -3.52. The van der Waals surface area contributed by atoms with Crippen molar-refractivity contribution in [2.45, 2.75) is 12.8 Å². The van der Waals surface area contributed by atoms with E-state index in [0.717, 1.165) is 23.7 Å². The van der Waals surface area contributed by atoms with Crippen LogP contribution in [0, 0.1) is 0 Å². The number of carbonyl (C=O) groups excluding carboxylic acids is 3. The van der Waals surface area contributed by atoms with E-state index in [1.165, 1.54) is 31.0 Å². The summed E-state index contributed by atoms with van der Waals surface area (Å²) in [6, 6.07) is 18.7. The van der Waals surface area contributed by atoms with E-state index in [2.05, 4.69) is 15.5 Å². The third kappa shape index (κ3) is 5.16. The van der Waals surface area contributed by atoms with Gasteiger partial charge < -0.3 is 15.5 Å². The molecule has 5 rings (SSSR count). The largest absolute Gasteiger partial charge is 0.372 e. The molecular weight excluding hydrogens is 535 g/mol. The van der Waals surface area contributed by atoms with E-state index in [-0.39, 0.29) is 27.3 Å². The van der Waals surface area contributed by atoms with E-state index >= 15 is 0 Å². The van der Waals surface area contributed by atoms with Crippen molar-refractivity contribution in [3.05, 3.63) is 93.1 Å². The van der Waals surface area contributed by atoms with Gasteiger partial charge in [0.25, 0.3) is 17.7 Å². The second kappa shape index (κ2) is 10.5. The number of rotatable bonds is 6. The lowest BCUT2D eigenvalue weighted by atomic mass is 10.1. The van der Waals surface area contributed by atoms with Crippen molar-refractivity contribution in [2.75, 3.05) is 33.5 Å². The number of benzene rings is 3. The Morgan fingerprint density at radius 1 is 0.757 bits per heavy atom. The van der Waals surface area contributed by atoms with E-state index in [0.29, 0.717) is 22.0 Å². The lowest BCUT2D eigenvalue weighted by Crippen LogP contribution is -2.32. The van der Waals surface area contributed by atoms with Gasteiger partial charge in [0.1, 0.15) is 10.7 Å². The number of carbonyl (C=O) groups is 3. The maximum Gasteiger partial charge on any atom is 0.283 e. The Morgan fingerprint density at radius 2 is 1.46 bits per heavy atom. The molecule has 0 atom stereocenters. The van der Waals surface area contributed by atoms with Crippen molar-refractivity contribution in [3.8, 4) is 0 Å². The van der Waals surface area contributed by atoms with E-state index in [1.54, 1.807) is 24.3 Å². The predicted molar refractivity (Wildman–Crippen MR) is 148 cm³/mol. The highest BCUT2D eigenvalue weighted by Gasteiger charge is 2.39. The van der Waals surface area contributed by atoms with E-state index < -0.39 is 11.8 Å². The quantitative estimate of drug-likeness (QED) is 0.350. The molecule has 3 aromatic rings. The van der Waals surface area contributed by atoms with Crippen molar-refractivity contribution in [1.82, 2.24) is 0 Å². The number of anilines is 4. The first-order valence-electron chi connectivity index (χ1n) is 11.6. The summed E-state index contributed by atoms with van der Waals surface area (Å²) >= 11 is 18.2. The Kier molecular flexibility index (Phi) is 7.11. The first-order valence-corrected chi connectivity index (χ1v) is 12.7. The molecule has 10 heteroatoms. The van der Waals surface area contributed by atoms with Crippen LogP contribution in [0.4, 0.5) is 22.7 Å². The van der Waals surface area contributed by atoms with Crippen LogP contribution in [0.5, 0.6) is 0 Å². The van der Waals surface area contributed by atoms with Crippen LogP contribution in [-0.4, -0.2) is 30.8 Å². The molecule has 1 saturated heterocycles. The number of hydrogen-bond donors (Lipinski definition) is 2. The minimum Gasteiger partial charge on any atom is -0.372 e. The fraction of sp³-hybridized carbons (Fsp3) is 0.148. The van der Waals surface area contributed by atoms with Gasteiger partial charge in [-0.1, -0.05) is 40.9 Å².